The fourth-order valence-corrected chi connectivity index (χ4v) is 1.50. The number of hydrogen-bond acceptors (Lipinski definition) is 4. The molecule has 0 unspecified atom stereocenters. The number of hydrogen-bond donors (Lipinski definition) is 3. The van der Waals surface area contributed by atoms with Gasteiger partial charge in [-0.2, -0.15) is 0 Å². The van der Waals surface area contributed by atoms with Gasteiger partial charge in [-0.3, -0.25) is 0 Å². The lowest BCUT2D eigenvalue weighted by Gasteiger charge is -2.29. The molecule has 0 aliphatic rings. The highest BCUT2D eigenvalue weighted by Gasteiger charge is 2.25. The fourth-order valence-electron chi connectivity index (χ4n) is 1.50. The Hall–Kier alpha value is -0.840. The molecule has 1 aromatic rings. The van der Waals surface area contributed by atoms with Crippen LogP contribution in [-0.4, -0.2) is 29.0 Å². The summed E-state index contributed by atoms with van der Waals surface area (Å²) >= 11 is 0. The maximum Gasteiger partial charge on any atom is 0.117 e. The number of rotatable bonds is 6. The van der Waals surface area contributed by atoms with E-state index < -0.39 is 6.10 Å². The van der Waals surface area contributed by atoms with Crippen LogP contribution in [0.15, 0.2) is 22.8 Å². The van der Waals surface area contributed by atoms with Gasteiger partial charge in [-0.05, 0) is 24.0 Å². The maximum atomic E-state index is 9.97. The molecule has 0 spiro atoms. The molecule has 1 heterocycles. The van der Waals surface area contributed by atoms with Crippen molar-refractivity contribution in [1.82, 2.24) is 5.32 Å². The van der Waals surface area contributed by atoms with Gasteiger partial charge < -0.3 is 19.9 Å². The molecule has 0 aromatic carbocycles. The van der Waals surface area contributed by atoms with Crippen molar-refractivity contribution in [3.8, 4) is 0 Å². The van der Waals surface area contributed by atoms with Gasteiger partial charge in [0.1, 0.15) is 5.76 Å². The molecular formula is C13H23NO3. The van der Waals surface area contributed by atoms with Crippen molar-refractivity contribution in [3.63, 3.8) is 0 Å². The second-order valence-electron chi connectivity index (χ2n) is 5.46. The highest BCUT2D eigenvalue weighted by molar-refractivity contribution is 4.97. The molecule has 0 bridgehead atoms. The molecule has 0 saturated carbocycles. The van der Waals surface area contributed by atoms with Crippen LogP contribution < -0.4 is 5.32 Å². The Morgan fingerprint density at radius 3 is 2.59 bits per heavy atom. The number of aliphatic hydroxyl groups excluding tert-OH is 2. The molecular weight excluding hydrogens is 218 g/mol. The van der Waals surface area contributed by atoms with Crippen LogP contribution in [0.1, 0.15) is 33.0 Å². The van der Waals surface area contributed by atoms with E-state index >= 15 is 0 Å². The highest BCUT2D eigenvalue weighted by atomic mass is 16.3. The van der Waals surface area contributed by atoms with Crippen molar-refractivity contribution in [2.75, 3.05) is 6.61 Å². The second-order valence-corrected chi connectivity index (χ2v) is 5.46. The van der Waals surface area contributed by atoms with Crippen LogP contribution in [0.2, 0.25) is 0 Å². The Bertz CT molecular complexity index is 303. The molecule has 0 saturated heterocycles. The molecule has 1 rings (SSSR count). The predicted octanol–water partition coefficient (Wildman–Crippen LogP) is 1.53. The molecule has 3 N–H and O–H groups in total. The zero-order valence-electron chi connectivity index (χ0n) is 10.8. The Morgan fingerprint density at radius 1 is 1.41 bits per heavy atom. The van der Waals surface area contributed by atoms with E-state index in [9.17, 15) is 10.2 Å². The van der Waals surface area contributed by atoms with Crippen LogP contribution in [0, 0.1) is 5.41 Å². The number of nitrogens with one attached hydrogen (secondary N) is 1. The summed E-state index contributed by atoms with van der Waals surface area (Å²) in [5, 5.41) is 22.4. The minimum atomic E-state index is -0.441. The van der Waals surface area contributed by atoms with Crippen molar-refractivity contribution in [2.24, 2.45) is 5.41 Å². The second kappa shape index (κ2) is 6.19. The van der Waals surface area contributed by atoms with Gasteiger partial charge in [-0.1, -0.05) is 20.8 Å². The first-order valence-electron chi connectivity index (χ1n) is 5.98. The summed E-state index contributed by atoms with van der Waals surface area (Å²) in [7, 11) is 0. The van der Waals surface area contributed by atoms with Crippen LogP contribution in [0.5, 0.6) is 0 Å². The van der Waals surface area contributed by atoms with Gasteiger partial charge in [0.05, 0.1) is 25.5 Å². The van der Waals surface area contributed by atoms with Crippen molar-refractivity contribution in [3.05, 3.63) is 24.2 Å². The third-order valence-electron chi connectivity index (χ3n) is 2.87. The highest BCUT2D eigenvalue weighted by Crippen LogP contribution is 2.22. The molecule has 0 aliphatic heterocycles. The molecule has 98 valence electrons. The number of furan rings is 1. The predicted molar refractivity (Wildman–Crippen MR) is 66.5 cm³/mol. The summed E-state index contributed by atoms with van der Waals surface area (Å²) in [5.74, 6) is 0.827. The minimum absolute atomic E-state index is 0.00779. The first-order chi connectivity index (χ1) is 7.93. The molecule has 0 amide bonds. The van der Waals surface area contributed by atoms with Crippen molar-refractivity contribution < 1.29 is 14.6 Å². The van der Waals surface area contributed by atoms with Crippen LogP contribution in [-0.2, 0) is 6.54 Å². The van der Waals surface area contributed by atoms with Gasteiger partial charge >= 0.3 is 0 Å². The fraction of sp³-hybridized carbons (Fsp3) is 0.692. The minimum Gasteiger partial charge on any atom is -0.468 e. The molecule has 4 nitrogen and oxygen atoms in total. The van der Waals surface area contributed by atoms with E-state index in [0.29, 0.717) is 13.0 Å². The van der Waals surface area contributed by atoms with Crippen molar-refractivity contribution in [1.29, 1.82) is 0 Å². The van der Waals surface area contributed by atoms with E-state index in [4.69, 9.17) is 4.42 Å². The quantitative estimate of drug-likeness (QED) is 0.706. The van der Waals surface area contributed by atoms with Gasteiger partial charge in [0.25, 0.3) is 0 Å². The number of aliphatic hydroxyl groups is 2. The smallest absolute Gasteiger partial charge is 0.117 e. The van der Waals surface area contributed by atoms with E-state index in [2.05, 4.69) is 5.32 Å². The largest absolute Gasteiger partial charge is 0.468 e. The van der Waals surface area contributed by atoms with Crippen LogP contribution >= 0.6 is 0 Å². The normalized spacial score (nSPS) is 15.8. The first-order valence-corrected chi connectivity index (χ1v) is 5.98. The average Bonchev–Trinajstić information content (AvgIpc) is 2.75. The monoisotopic (exact) mass is 241 g/mol. The Balaban J connectivity index is 2.38. The Labute approximate surface area is 103 Å². The standard InChI is InChI=1S/C13H23NO3/c1-13(2,3)12(16)7-10(9-15)14-8-11-5-4-6-17-11/h4-6,10,12,14-16H,7-9H2,1-3H3/t10-,12+/m1/s1. The lowest BCUT2D eigenvalue weighted by molar-refractivity contribution is 0.0387. The first kappa shape index (κ1) is 14.2. The molecule has 0 radical (unpaired) electrons. The summed E-state index contributed by atoms with van der Waals surface area (Å²) in [6.07, 6.45) is 1.71. The third-order valence-corrected chi connectivity index (χ3v) is 2.87. The Morgan fingerprint density at radius 2 is 2.12 bits per heavy atom. The lowest BCUT2D eigenvalue weighted by atomic mass is 9.85. The van der Waals surface area contributed by atoms with E-state index in [1.54, 1.807) is 6.26 Å². The zero-order chi connectivity index (χ0) is 12.9. The maximum absolute atomic E-state index is 9.97. The summed E-state index contributed by atoms with van der Waals surface area (Å²) in [5.41, 5.74) is -0.167. The SMILES string of the molecule is CC(C)(C)[C@@H](O)C[C@H](CO)NCc1ccco1. The van der Waals surface area contributed by atoms with E-state index in [1.165, 1.54) is 0 Å². The Kier molecular flexibility index (Phi) is 5.18. The molecule has 0 aliphatic carbocycles. The molecule has 1 aromatic heterocycles. The van der Waals surface area contributed by atoms with Crippen LogP contribution in [0.25, 0.3) is 0 Å². The molecule has 4 heteroatoms. The van der Waals surface area contributed by atoms with Crippen LogP contribution in [0.3, 0.4) is 0 Å². The van der Waals surface area contributed by atoms with E-state index in [1.807, 2.05) is 32.9 Å². The van der Waals surface area contributed by atoms with Crippen molar-refractivity contribution >= 4 is 0 Å². The van der Waals surface area contributed by atoms with E-state index in [-0.39, 0.29) is 18.1 Å². The lowest BCUT2D eigenvalue weighted by Crippen LogP contribution is -2.39. The van der Waals surface area contributed by atoms with Gasteiger partial charge in [-0.25, -0.2) is 0 Å². The third kappa shape index (κ3) is 4.89. The summed E-state index contributed by atoms with van der Waals surface area (Å²) in [6, 6.07) is 3.59. The zero-order valence-corrected chi connectivity index (χ0v) is 10.8. The topological polar surface area (TPSA) is 65.6 Å². The average molecular weight is 241 g/mol. The summed E-state index contributed by atoms with van der Waals surface area (Å²) < 4.78 is 5.19. The molecule has 17 heavy (non-hydrogen) atoms. The summed E-state index contributed by atoms with van der Waals surface area (Å²) in [4.78, 5) is 0. The molecule has 2 atom stereocenters. The molecule has 0 fully saturated rings. The van der Waals surface area contributed by atoms with Gasteiger partial charge in [0, 0.05) is 6.04 Å². The van der Waals surface area contributed by atoms with Crippen molar-refractivity contribution in [2.45, 2.75) is 45.9 Å². The van der Waals surface area contributed by atoms with E-state index in [0.717, 1.165) is 5.76 Å². The van der Waals surface area contributed by atoms with Gasteiger partial charge in [0.15, 0.2) is 0 Å². The van der Waals surface area contributed by atoms with Crippen LogP contribution in [0.4, 0.5) is 0 Å². The summed E-state index contributed by atoms with van der Waals surface area (Å²) in [6.45, 7) is 6.53. The van der Waals surface area contributed by atoms with Gasteiger partial charge in [-0.15, -0.1) is 0 Å². The van der Waals surface area contributed by atoms with Gasteiger partial charge in [0.2, 0.25) is 0 Å².